The summed E-state index contributed by atoms with van der Waals surface area (Å²) in [6.07, 6.45) is 2.03. The average molecular weight is 261 g/mol. The molecule has 0 radical (unpaired) electrons. The fourth-order valence-electron chi connectivity index (χ4n) is 2.31. The van der Waals surface area contributed by atoms with Crippen LogP contribution < -0.4 is 5.43 Å². The van der Waals surface area contributed by atoms with Crippen LogP contribution >= 0.6 is 0 Å². The third kappa shape index (κ3) is 2.01. The summed E-state index contributed by atoms with van der Waals surface area (Å²) in [6.45, 7) is 0.444. The number of carbonyl (C=O) groups is 1. The smallest absolute Gasteiger partial charge is 0.352 e. The summed E-state index contributed by atoms with van der Waals surface area (Å²) in [5.74, 6) is -1.38. The molecule has 0 aliphatic heterocycles. The predicted molar refractivity (Wildman–Crippen MR) is 67.8 cm³/mol. The van der Waals surface area contributed by atoms with Crippen LogP contribution in [0.25, 0.3) is 10.9 Å². The summed E-state index contributed by atoms with van der Waals surface area (Å²) in [6, 6.07) is 5.31. The Morgan fingerprint density at radius 2 is 2.16 bits per heavy atom. The van der Waals surface area contributed by atoms with Crippen molar-refractivity contribution in [2.75, 3.05) is 0 Å². The largest absolute Gasteiger partial charge is 0.477 e. The van der Waals surface area contributed by atoms with Gasteiger partial charge in [0.25, 0.3) is 0 Å². The molecule has 1 aromatic heterocycles. The Kier molecular flexibility index (Phi) is 2.62. The molecule has 0 amide bonds. The molecule has 0 unspecified atom stereocenters. The molecule has 1 N–H and O–H groups in total. The van der Waals surface area contributed by atoms with E-state index in [0.717, 1.165) is 18.9 Å². The number of carboxylic acids is 1. The first-order valence-corrected chi connectivity index (χ1v) is 6.13. The molecular formula is C14H12FNO3. The molecule has 1 heterocycles. The second-order valence-electron chi connectivity index (χ2n) is 4.89. The molecule has 3 rings (SSSR count). The highest BCUT2D eigenvalue weighted by molar-refractivity contribution is 5.90. The number of benzene rings is 1. The quantitative estimate of drug-likeness (QED) is 0.921. The van der Waals surface area contributed by atoms with Crippen LogP contribution in [0.1, 0.15) is 23.3 Å². The predicted octanol–water partition coefficient (Wildman–Crippen LogP) is 2.25. The van der Waals surface area contributed by atoms with Gasteiger partial charge in [0.2, 0.25) is 0 Å². The fraction of sp³-hybridized carbons (Fsp3) is 0.286. The maximum Gasteiger partial charge on any atom is 0.352 e. The number of para-hydroxylation sites is 1. The Hall–Kier alpha value is -2.17. The van der Waals surface area contributed by atoms with E-state index in [-0.39, 0.29) is 16.6 Å². The highest BCUT2D eigenvalue weighted by Gasteiger charge is 2.25. The molecular weight excluding hydrogens is 249 g/mol. The monoisotopic (exact) mass is 261 g/mol. The lowest BCUT2D eigenvalue weighted by atomic mass is 10.1. The van der Waals surface area contributed by atoms with Crippen LogP contribution in [0.4, 0.5) is 4.39 Å². The van der Waals surface area contributed by atoms with Crippen LogP contribution in [-0.2, 0) is 6.54 Å². The van der Waals surface area contributed by atoms with Gasteiger partial charge in [-0.3, -0.25) is 4.79 Å². The number of fused-ring (bicyclic) bond motifs is 1. The van der Waals surface area contributed by atoms with E-state index < -0.39 is 17.2 Å². The van der Waals surface area contributed by atoms with Crippen LogP contribution in [0.3, 0.4) is 0 Å². The number of aromatic carboxylic acids is 1. The molecule has 0 atom stereocenters. The summed E-state index contributed by atoms with van der Waals surface area (Å²) >= 11 is 0. The van der Waals surface area contributed by atoms with Crippen molar-refractivity contribution in [2.24, 2.45) is 5.92 Å². The number of hydrogen-bond donors (Lipinski definition) is 1. The van der Waals surface area contributed by atoms with Gasteiger partial charge in [-0.25, -0.2) is 9.18 Å². The Labute approximate surface area is 108 Å². The van der Waals surface area contributed by atoms with Crippen LogP contribution in [0.2, 0.25) is 0 Å². The molecule has 1 aromatic carbocycles. The zero-order valence-corrected chi connectivity index (χ0v) is 10.1. The highest BCUT2D eigenvalue weighted by Crippen LogP contribution is 2.32. The molecule has 4 nitrogen and oxygen atoms in total. The van der Waals surface area contributed by atoms with Crippen molar-refractivity contribution in [3.8, 4) is 0 Å². The maximum atomic E-state index is 14.0. The zero-order valence-electron chi connectivity index (χ0n) is 10.1. The van der Waals surface area contributed by atoms with E-state index in [9.17, 15) is 19.1 Å². The SMILES string of the molecule is O=C(O)c1cc(=O)c2cccc(F)c2n1CC1CC1. The van der Waals surface area contributed by atoms with E-state index >= 15 is 0 Å². The summed E-state index contributed by atoms with van der Waals surface area (Å²) in [4.78, 5) is 23.1. The van der Waals surface area contributed by atoms with E-state index in [1.54, 1.807) is 0 Å². The molecule has 1 aliphatic carbocycles. The van der Waals surface area contributed by atoms with E-state index in [1.807, 2.05) is 0 Å². The number of carboxylic acid groups (broad SMARTS) is 1. The van der Waals surface area contributed by atoms with Crippen molar-refractivity contribution in [1.82, 2.24) is 4.57 Å². The van der Waals surface area contributed by atoms with Crippen molar-refractivity contribution in [1.29, 1.82) is 0 Å². The molecule has 0 saturated heterocycles. The Bertz CT molecular complexity index is 731. The average Bonchev–Trinajstić information content (AvgIpc) is 3.16. The van der Waals surface area contributed by atoms with Crippen molar-refractivity contribution in [2.45, 2.75) is 19.4 Å². The summed E-state index contributed by atoms with van der Waals surface area (Å²) in [5, 5.41) is 9.42. The number of halogens is 1. The van der Waals surface area contributed by atoms with Gasteiger partial charge in [0.15, 0.2) is 5.43 Å². The lowest BCUT2D eigenvalue weighted by Gasteiger charge is -2.14. The van der Waals surface area contributed by atoms with Crippen LogP contribution in [-0.4, -0.2) is 15.6 Å². The van der Waals surface area contributed by atoms with Crippen LogP contribution in [0.5, 0.6) is 0 Å². The lowest BCUT2D eigenvalue weighted by molar-refractivity contribution is 0.0684. The van der Waals surface area contributed by atoms with E-state index in [2.05, 4.69) is 0 Å². The molecule has 0 spiro atoms. The van der Waals surface area contributed by atoms with Crippen molar-refractivity contribution in [3.05, 3.63) is 46.0 Å². The molecule has 0 bridgehead atoms. The van der Waals surface area contributed by atoms with Gasteiger partial charge >= 0.3 is 5.97 Å². The van der Waals surface area contributed by atoms with Crippen molar-refractivity contribution < 1.29 is 14.3 Å². The maximum absolute atomic E-state index is 14.0. The van der Waals surface area contributed by atoms with Crippen LogP contribution in [0, 0.1) is 11.7 Å². The van der Waals surface area contributed by atoms with Gasteiger partial charge in [0.05, 0.1) is 5.52 Å². The zero-order chi connectivity index (χ0) is 13.6. The number of pyridine rings is 1. The lowest BCUT2D eigenvalue weighted by Crippen LogP contribution is -2.19. The Morgan fingerprint density at radius 1 is 1.42 bits per heavy atom. The van der Waals surface area contributed by atoms with Gasteiger partial charge in [0, 0.05) is 18.0 Å². The van der Waals surface area contributed by atoms with Gasteiger partial charge in [-0.15, -0.1) is 0 Å². The second-order valence-corrected chi connectivity index (χ2v) is 4.89. The molecule has 1 aliphatic rings. The van der Waals surface area contributed by atoms with Crippen LogP contribution in [0.15, 0.2) is 29.1 Å². The van der Waals surface area contributed by atoms with Crippen molar-refractivity contribution in [3.63, 3.8) is 0 Å². The summed E-state index contributed by atoms with van der Waals surface area (Å²) in [5.41, 5.74) is -0.507. The Balaban J connectivity index is 2.38. The number of aromatic nitrogens is 1. The fourth-order valence-corrected chi connectivity index (χ4v) is 2.31. The second kappa shape index (κ2) is 4.19. The minimum Gasteiger partial charge on any atom is -0.477 e. The molecule has 98 valence electrons. The molecule has 5 heteroatoms. The third-order valence-electron chi connectivity index (χ3n) is 3.44. The highest BCUT2D eigenvalue weighted by atomic mass is 19.1. The number of rotatable bonds is 3. The van der Waals surface area contributed by atoms with Gasteiger partial charge in [-0.1, -0.05) is 6.07 Å². The number of hydrogen-bond acceptors (Lipinski definition) is 2. The first-order chi connectivity index (χ1) is 9.08. The van der Waals surface area contributed by atoms with E-state index in [4.69, 9.17) is 0 Å². The topological polar surface area (TPSA) is 59.3 Å². The molecule has 1 fully saturated rings. The van der Waals surface area contributed by atoms with Gasteiger partial charge < -0.3 is 9.67 Å². The molecule has 2 aromatic rings. The first-order valence-electron chi connectivity index (χ1n) is 6.13. The number of nitrogens with zero attached hydrogens (tertiary/aromatic N) is 1. The Morgan fingerprint density at radius 3 is 2.79 bits per heavy atom. The van der Waals surface area contributed by atoms with Gasteiger partial charge in [0.1, 0.15) is 11.5 Å². The van der Waals surface area contributed by atoms with E-state index in [1.165, 1.54) is 22.8 Å². The standard InChI is InChI=1S/C14H12FNO3/c15-10-3-1-2-9-12(17)6-11(14(18)19)16(13(9)10)7-8-4-5-8/h1-3,6,8H,4-5,7H2,(H,18,19). The summed E-state index contributed by atoms with van der Waals surface area (Å²) in [7, 11) is 0. The van der Waals surface area contributed by atoms with Crippen molar-refractivity contribution >= 4 is 16.9 Å². The van der Waals surface area contributed by atoms with Gasteiger partial charge in [-0.2, -0.15) is 0 Å². The minimum atomic E-state index is -1.21. The third-order valence-corrected chi connectivity index (χ3v) is 3.44. The molecule has 19 heavy (non-hydrogen) atoms. The molecule has 1 saturated carbocycles. The normalized spacial score (nSPS) is 14.8. The van der Waals surface area contributed by atoms with Gasteiger partial charge in [-0.05, 0) is 30.9 Å². The summed E-state index contributed by atoms with van der Waals surface area (Å²) < 4.78 is 15.4. The van der Waals surface area contributed by atoms with E-state index in [0.29, 0.717) is 12.5 Å². The minimum absolute atomic E-state index is 0.0966. The first kappa shape index (κ1) is 11.9.